The molecule has 4 rings (SSSR count). The summed E-state index contributed by atoms with van der Waals surface area (Å²) in [4.78, 5) is 11.9. The van der Waals surface area contributed by atoms with E-state index in [0.717, 1.165) is 24.8 Å². The monoisotopic (exact) mass is 442 g/mol. The van der Waals surface area contributed by atoms with Crippen molar-refractivity contribution in [3.8, 4) is 10.4 Å². The summed E-state index contributed by atoms with van der Waals surface area (Å²) in [6.07, 6.45) is -2.95. The van der Waals surface area contributed by atoms with Gasteiger partial charge in [0.2, 0.25) is 5.95 Å². The third-order valence-electron chi connectivity index (χ3n) is 4.78. The quantitative estimate of drug-likeness (QED) is 0.498. The topological polar surface area (TPSA) is 70.9 Å². The van der Waals surface area contributed by atoms with Crippen molar-refractivity contribution in [3.05, 3.63) is 52.9 Å². The molecule has 0 aliphatic heterocycles. The first-order valence-corrected chi connectivity index (χ1v) is 9.75. The number of alkyl halides is 5. The summed E-state index contributed by atoms with van der Waals surface area (Å²) in [5, 5.41) is 13.5. The van der Waals surface area contributed by atoms with Crippen LogP contribution < -0.4 is 5.32 Å². The van der Waals surface area contributed by atoms with Crippen LogP contribution in [0, 0.1) is 0 Å². The standard InChI is InChI=1S/C19H15F5N4OS/c20-15(21)11-6-10(13-9-26-16(30-13)18(29)3-1-4-18)7-12(8-11)27-17-25-5-2-14(28-17)19(22,23)24/h2,5-9,15,29H,1,3-4H2,(H,25,27,28). The Morgan fingerprint density at radius 1 is 1.13 bits per heavy atom. The fraction of sp³-hybridized carbons (Fsp3) is 0.316. The minimum atomic E-state index is -4.66. The zero-order chi connectivity index (χ0) is 21.5. The van der Waals surface area contributed by atoms with Gasteiger partial charge in [0.05, 0.1) is 4.88 Å². The van der Waals surface area contributed by atoms with E-state index in [0.29, 0.717) is 28.3 Å². The first-order chi connectivity index (χ1) is 14.1. The van der Waals surface area contributed by atoms with Gasteiger partial charge in [-0.15, -0.1) is 11.3 Å². The van der Waals surface area contributed by atoms with Gasteiger partial charge in [0.1, 0.15) is 16.3 Å². The zero-order valence-electron chi connectivity index (χ0n) is 15.2. The number of hydrogen-bond acceptors (Lipinski definition) is 6. The van der Waals surface area contributed by atoms with Crippen molar-refractivity contribution in [2.24, 2.45) is 0 Å². The summed E-state index contributed by atoms with van der Waals surface area (Å²) < 4.78 is 65.4. The number of benzene rings is 1. The number of nitrogens with one attached hydrogen (secondary N) is 1. The Morgan fingerprint density at radius 3 is 2.53 bits per heavy atom. The number of thiazole rings is 1. The molecular weight excluding hydrogens is 427 g/mol. The molecule has 0 saturated heterocycles. The van der Waals surface area contributed by atoms with Crippen molar-refractivity contribution < 1.29 is 27.1 Å². The van der Waals surface area contributed by atoms with E-state index in [4.69, 9.17) is 0 Å². The van der Waals surface area contributed by atoms with Crippen LogP contribution in [-0.2, 0) is 11.8 Å². The van der Waals surface area contributed by atoms with Gasteiger partial charge in [-0.2, -0.15) is 13.2 Å². The molecule has 1 fully saturated rings. The molecule has 0 radical (unpaired) electrons. The average molecular weight is 442 g/mol. The number of aromatic nitrogens is 3. The van der Waals surface area contributed by atoms with Crippen LogP contribution >= 0.6 is 11.3 Å². The van der Waals surface area contributed by atoms with Crippen LogP contribution in [0.5, 0.6) is 0 Å². The van der Waals surface area contributed by atoms with Gasteiger partial charge in [0.15, 0.2) is 0 Å². The fourth-order valence-electron chi connectivity index (χ4n) is 3.05. The zero-order valence-corrected chi connectivity index (χ0v) is 16.1. The van der Waals surface area contributed by atoms with E-state index >= 15 is 0 Å². The predicted octanol–water partition coefficient (Wildman–Crippen LogP) is 5.67. The van der Waals surface area contributed by atoms with Crippen LogP contribution in [0.15, 0.2) is 36.7 Å². The van der Waals surface area contributed by atoms with Crippen molar-refractivity contribution in [1.29, 1.82) is 0 Å². The van der Waals surface area contributed by atoms with E-state index in [1.807, 2.05) is 0 Å². The Labute approximate surface area is 171 Å². The van der Waals surface area contributed by atoms with Gasteiger partial charge >= 0.3 is 6.18 Å². The predicted molar refractivity (Wildman–Crippen MR) is 101 cm³/mol. The highest BCUT2D eigenvalue weighted by Crippen LogP contribution is 2.44. The lowest BCUT2D eigenvalue weighted by Crippen LogP contribution is -2.33. The molecule has 30 heavy (non-hydrogen) atoms. The molecule has 1 aromatic carbocycles. The largest absolute Gasteiger partial charge is 0.433 e. The average Bonchev–Trinajstić information content (AvgIpc) is 3.16. The Morgan fingerprint density at radius 2 is 1.90 bits per heavy atom. The summed E-state index contributed by atoms with van der Waals surface area (Å²) in [6.45, 7) is 0. The Balaban J connectivity index is 1.67. The molecule has 5 nitrogen and oxygen atoms in total. The van der Waals surface area contributed by atoms with E-state index in [-0.39, 0.29) is 17.2 Å². The highest BCUT2D eigenvalue weighted by molar-refractivity contribution is 7.15. The summed E-state index contributed by atoms with van der Waals surface area (Å²) in [7, 11) is 0. The van der Waals surface area contributed by atoms with Crippen LogP contribution in [0.1, 0.15) is 42.0 Å². The van der Waals surface area contributed by atoms with Gasteiger partial charge in [0.25, 0.3) is 6.43 Å². The molecule has 1 aliphatic rings. The van der Waals surface area contributed by atoms with Crippen molar-refractivity contribution in [2.75, 3.05) is 5.32 Å². The van der Waals surface area contributed by atoms with Crippen molar-refractivity contribution in [3.63, 3.8) is 0 Å². The molecule has 2 N–H and O–H groups in total. The minimum Gasteiger partial charge on any atom is -0.383 e. The van der Waals surface area contributed by atoms with Crippen molar-refractivity contribution in [1.82, 2.24) is 15.0 Å². The molecule has 0 unspecified atom stereocenters. The van der Waals surface area contributed by atoms with Gasteiger partial charge in [-0.1, -0.05) is 0 Å². The number of halogens is 5. The lowest BCUT2D eigenvalue weighted by molar-refractivity contribution is -0.141. The minimum absolute atomic E-state index is 0.111. The molecule has 0 amide bonds. The molecule has 11 heteroatoms. The SMILES string of the molecule is OC1(c2ncc(-c3cc(Nc4nccc(C(F)(F)F)n4)cc(C(F)F)c3)s2)CCC1. The Bertz CT molecular complexity index is 1070. The van der Waals surface area contributed by atoms with Gasteiger partial charge in [-0.25, -0.2) is 23.7 Å². The molecule has 0 spiro atoms. The molecule has 0 bridgehead atoms. The highest BCUT2D eigenvalue weighted by Gasteiger charge is 2.39. The van der Waals surface area contributed by atoms with Crippen LogP contribution in [0.2, 0.25) is 0 Å². The third kappa shape index (κ3) is 4.12. The van der Waals surface area contributed by atoms with Crippen LogP contribution in [0.25, 0.3) is 10.4 Å². The van der Waals surface area contributed by atoms with E-state index in [9.17, 15) is 27.1 Å². The molecule has 1 saturated carbocycles. The second-order valence-corrected chi connectivity index (χ2v) is 7.98. The van der Waals surface area contributed by atoms with Crippen LogP contribution in [0.4, 0.5) is 33.6 Å². The molecule has 0 atom stereocenters. The lowest BCUT2D eigenvalue weighted by Gasteiger charge is -2.34. The molecule has 3 aromatic rings. The second kappa shape index (κ2) is 7.55. The van der Waals surface area contributed by atoms with Crippen molar-refractivity contribution >= 4 is 23.0 Å². The van der Waals surface area contributed by atoms with Gasteiger partial charge in [0, 0.05) is 23.6 Å². The lowest BCUT2D eigenvalue weighted by atomic mass is 9.81. The normalized spacial score (nSPS) is 15.8. The van der Waals surface area contributed by atoms with E-state index in [1.54, 1.807) is 0 Å². The number of hydrogen-bond donors (Lipinski definition) is 2. The summed E-state index contributed by atoms with van der Waals surface area (Å²) in [5.41, 5.74) is -1.94. The Hall–Kier alpha value is -2.66. The van der Waals surface area contributed by atoms with Crippen LogP contribution in [0.3, 0.4) is 0 Å². The Kier molecular flexibility index (Phi) is 5.18. The van der Waals surface area contributed by atoms with Gasteiger partial charge < -0.3 is 10.4 Å². The number of aliphatic hydroxyl groups is 1. The maximum atomic E-state index is 13.4. The number of anilines is 2. The van der Waals surface area contributed by atoms with Crippen molar-refractivity contribution in [2.45, 2.75) is 37.5 Å². The highest BCUT2D eigenvalue weighted by atomic mass is 32.1. The van der Waals surface area contributed by atoms with E-state index in [1.165, 1.54) is 29.7 Å². The number of nitrogens with zero attached hydrogens (tertiary/aromatic N) is 3. The summed E-state index contributed by atoms with van der Waals surface area (Å²) in [5.74, 6) is -0.365. The van der Waals surface area contributed by atoms with Gasteiger partial charge in [-0.3, -0.25) is 0 Å². The first kappa shape index (κ1) is 20.6. The second-order valence-electron chi connectivity index (χ2n) is 6.95. The molecule has 2 heterocycles. The summed E-state index contributed by atoms with van der Waals surface area (Å²) in [6, 6.07) is 4.62. The van der Waals surface area contributed by atoms with E-state index in [2.05, 4.69) is 20.3 Å². The first-order valence-electron chi connectivity index (χ1n) is 8.93. The maximum Gasteiger partial charge on any atom is 0.433 e. The summed E-state index contributed by atoms with van der Waals surface area (Å²) >= 11 is 1.20. The molecule has 2 aromatic heterocycles. The van der Waals surface area contributed by atoms with E-state index < -0.39 is 23.9 Å². The smallest absolute Gasteiger partial charge is 0.383 e. The molecular formula is C19H15F5N4OS. The third-order valence-corrected chi connectivity index (χ3v) is 6.02. The van der Waals surface area contributed by atoms with Crippen LogP contribution in [-0.4, -0.2) is 20.1 Å². The number of rotatable bonds is 5. The maximum absolute atomic E-state index is 13.4. The molecule has 158 valence electrons. The molecule has 1 aliphatic carbocycles. The van der Waals surface area contributed by atoms with Gasteiger partial charge in [-0.05, 0) is 49.1 Å². The fourth-order valence-corrected chi connectivity index (χ4v) is 4.10.